The Morgan fingerprint density at radius 1 is 1.07 bits per heavy atom. The molecule has 154 valence electrons. The summed E-state index contributed by atoms with van der Waals surface area (Å²) < 4.78 is 5.85. The van der Waals surface area contributed by atoms with Crippen LogP contribution in [0.5, 0.6) is 11.5 Å². The van der Waals surface area contributed by atoms with E-state index in [9.17, 15) is 4.79 Å². The van der Waals surface area contributed by atoms with Crippen LogP contribution in [-0.4, -0.2) is 34.2 Å². The number of carbonyl (C=O) groups is 1. The van der Waals surface area contributed by atoms with Crippen molar-refractivity contribution < 1.29 is 9.53 Å². The van der Waals surface area contributed by atoms with Gasteiger partial charge in [-0.05, 0) is 48.1 Å². The van der Waals surface area contributed by atoms with Gasteiger partial charge < -0.3 is 15.4 Å². The quantitative estimate of drug-likeness (QED) is 0.607. The van der Waals surface area contributed by atoms with Crippen LogP contribution in [-0.2, 0) is 11.3 Å². The molecule has 6 nitrogen and oxygen atoms in total. The SMILES string of the molecule is O=C1N[C@H](CNCc2ccncn2)CCS[C@@H]1c1ccc(Oc2ccccc2)cc1. The van der Waals surface area contributed by atoms with Gasteiger partial charge in [0.05, 0.1) is 5.69 Å². The summed E-state index contributed by atoms with van der Waals surface area (Å²) in [5.41, 5.74) is 1.93. The highest BCUT2D eigenvalue weighted by Crippen LogP contribution is 2.33. The lowest BCUT2D eigenvalue weighted by molar-refractivity contribution is -0.121. The normalized spacial score (nSPS) is 19.0. The van der Waals surface area contributed by atoms with Crippen LogP contribution in [0, 0.1) is 0 Å². The molecule has 30 heavy (non-hydrogen) atoms. The number of aromatic nitrogens is 2. The molecule has 1 amide bonds. The summed E-state index contributed by atoms with van der Waals surface area (Å²) in [6.07, 6.45) is 4.20. The van der Waals surface area contributed by atoms with Gasteiger partial charge in [0.2, 0.25) is 5.91 Å². The lowest BCUT2D eigenvalue weighted by Crippen LogP contribution is -2.42. The number of amides is 1. The molecule has 0 bridgehead atoms. The Balaban J connectivity index is 1.31. The van der Waals surface area contributed by atoms with Crippen LogP contribution >= 0.6 is 11.8 Å². The predicted octanol–water partition coefficient (Wildman–Crippen LogP) is 3.72. The average molecular weight is 421 g/mol. The number of nitrogens with one attached hydrogen (secondary N) is 2. The van der Waals surface area contributed by atoms with E-state index in [1.54, 1.807) is 24.3 Å². The van der Waals surface area contributed by atoms with Crippen molar-refractivity contribution in [3.63, 3.8) is 0 Å². The fourth-order valence-electron chi connectivity index (χ4n) is 3.29. The lowest BCUT2D eigenvalue weighted by Gasteiger charge is -2.18. The smallest absolute Gasteiger partial charge is 0.237 e. The molecule has 2 N–H and O–H groups in total. The number of hydrogen-bond donors (Lipinski definition) is 2. The molecule has 1 aliphatic rings. The third-order valence-electron chi connectivity index (χ3n) is 4.84. The maximum absolute atomic E-state index is 12.8. The first kappa shape index (κ1) is 20.4. The van der Waals surface area contributed by atoms with Crippen molar-refractivity contribution in [3.8, 4) is 11.5 Å². The molecule has 4 rings (SSSR count). The van der Waals surface area contributed by atoms with Gasteiger partial charge >= 0.3 is 0 Å². The summed E-state index contributed by atoms with van der Waals surface area (Å²) in [6, 6.07) is 19.5. The van der Waals surface area contributed by atoms with Crippen LogP contribution in [0.2, 0.25) is 0 Å². The van der Waals surface area contributed by atoms with Crippen molar-refractivity contribution in [3.05, 3.63) is 84.4 Å². The van der Waals surface area contributed by atoms with Crippen molar-refractivity contribution in [1.82, 2.24) is 20.6 Å². The second-order valence-electron chi connectivity index (χ2n) is 7.06. The average Bonchev–Trinajstić information content (AvgIpc) is 2.97. The first-order valence-electron chi connectivity index (χ1n) is 9.98. The molecular weight excluding hydrogens is 396 g/mol. The van der Waals surface area contributed by atoms with E-state index in [0.717, 1.165) is 34.9 Å². The van der Waals surface area contributed by atoms with Crippen LogP contribution < -0.4 is 15.4 Å². The monoisotopic (exact) mass is 420 g/mol. The maximum atomic E-state index is 12.8. The number of carbonyl (C=O) groups excluding carboxylic acids is 1. The first-order chi connectivity index (χ1) is 14.8. The van der Waals surface area contributed by atoms with E-state index in [1.807, 2.05) is 60.7 Å². The van der Waals surface area contributed by atoms with Gasteiger partial charge in [-0.2, -0.15) is 0 Å². The fourth-order valence-corrected chi connectivity index (χ4v) is 4.51. The van der Waals surface area contributed by atoms with Crippen molar-refractivity contribution in [2.45, 2.75) is 24.3 Å². The number of rotatable bonds is 7. The molecule has 7 heteroatoms. The molecule has 0 radical (unpaired) electrons. The van der Waals surface area contributed by atoms with E-state index in [-0.39, 0.29) is 17.2 Å². The Labute approximate surface area is 180 Å². The third-order valence-corrected chi connectivity index (χ3v) is 6.13. The molecule has 0 aliphatic carbocycles. The summed E-state index contributed by atoms with van der Waals surface area (Å²) in [5.74, 6) is 2.54. The standard InChI is InChI=1S/C23H24N4O2S/c28-23-22(17-6-8-21(9-7-17)29-20-4-2-1-3-5-20)30-13-11-19(27-23)15-25-14-18-10-12-24-16-26-18/h1-10,12,16,19,22,25H,11,13-15H2,(H,27,28)/t19-,22+/m0/s1. The van der Waals surface area contributed by atoms with Gasteiger partial charge in [-0.25, -0.2) is 9.97 Å². The Morgan fingerprint density at radius 3 is 2.63 bits per heavy atom. The van der Waals surface area contributed by atoms with E-state index in [1.165, 1.54) is 0 Å². The van der Waals surface area contributed by atoms with Crippen molar-refractivity contribution in [2.24, 2.45) is 0 Å². The number of thioether (sulfide) groups is 1. The van der Waals surface area contributed by atoms with Crippen LogP contribution in [0.15, 0.2) is 73.2 Å². The Bertz CT molecular complexity index is 938. The third kappa shape index (κ3) is 5.58. The van der Waals surface area contributed by atoms with Crippen LogP contribution in [0.3, 0.4) is 0 Å². The van der Waals surface area contributed by atoms with Gasteiger partial charge in [-0.1, -0.05) is 30.3 Å². The molecule has 1 fully saturated rings. The second kappa shape index (κ2) is 10.2. The van der Waals surface area contributed by atoms with Gasteiger partial charge in [0, 0.05) is 25.3 Å². The van der Waals surface area contributed by atoms with Gasteiger partial charge in [-0.3, -0.25) is 4.79 Å². The highest BCUT2D eigenvalue weighted by atomic mass is 32.2. The van der Waals surface area contributed by atoms with E-state index in [2.05, 4.69) is 20.6 Å². The van der Waals surface area contributed by atoms with Crippen molar-refractivity contribution in [1.29, 1.82) is 0 Å². The Hall–Kier alpha value is -2.90. The fraction of sp³-hybridized carbons (Fsp3) is 0.261. The molecule has 0 saturated carbocycles. The summed E-state index contributed by atoms with van der Waals surface area (Å²) in [6.45, 7) is 1.38. The molecule has 1 saturated heterocycles. The highest BCUT2D eigenvalue weighted by Gasteiger charge is 2.27. The number of ether oxygens (including phenoxy) is 1. The lowest BCUT2D eigenvalue weighted by atomic mass is 10.1. The molecule has 1 aromatic heterocycles. The van der Waals surface area contributed by atoms with Gasteiger partial charge in [-0.15, -0.1) is 11.8 Å². The summed E-state index contributed by atoms with van der Waals surface area (Å²) in [4.78, 5) is 20.9. The minimum absolute atomic E-state index is 0.0584. The molecule has 0 unspecified atom stereocenters. The number of benzene rings is 2. The van der Waals surface area contributed by atoms with E-state index >= 15 is 0 Å². The van der Waals surface area contributed by atoms with E-state index in [4.69, 9.17) is 4.74 Å². The van der Waals surface area contributed by atoms with Crippen molar-refractivity contribution >= 4 is 17.7 Å². The molecule has 1 aliphatic heterocycles. The van der Waals surface area contributed by atoms with E-state index in [0.29, 0.717) is 13.1 Å². The van der Waals surface area contributed by atoms with Gasteiger partial charge in [0.1, 0.15) is 23.1 Å². The zero-order valence-electron chi connectivity index (χ0n) is 16.5. The van der Waals surface area contributed by atoms with Crippen LogP contribution in [0.4, 0.5) is 0 Å². The topological polar surface area (TPSA) is 76.1 Å². The number of hydrogen-bond acceptors (Lipinski definition) is 6. The first-order valence-corrected chi connectivity index (χ1v) is 11.0. The molecule has 0 spiro atoms. The highest BCUT2D eigenvalue weighted by molar-refractivity contribution is 8.00. The number of para-hydroxylation sites is 1. The summed E-state index contributed by atoms with van der Waals surface area (Å²) >= 11 is 1.69. The van der Waals surface area contributed by atoms with Crippen molar-refractivity contribution in [2.75, 3.05) is 12.3 Å². The molecule has 3 aromatic rings. The van der Waals surface area contributed by atoms with Crippen LogP contribution in [0.1, 0.15) is 22.9 Å². The summed E-state index contributed by atoms with van der Waals surface area (Å²) in [7, 11) is 0. The zero-order chi connectivity index (χ0) is 20.6. The van der Waals surface area contributed by atoms with E-state index < -0.39 is 0 Å². The molecule has 2 heterocycles. The Morgan fingerprint density at radius 2 is 1.87 bits per heavy atom. The Kier molecular flexibility index (Phi) is 6.95. The molecular formula is C23H24N4O2S. The molecule has 2 atom stereocenters. The second-order valence-corrected chi connectivity index (χ2v) is 8.27. The summed E-state index contributed by atoms with van der Waals surface area (Å²) in [5, 5.41) is 6.35. The predicted molar refractivity (Wildman–Crippen MR) is 118 cm³/mol. The minimum Gasteiger partial charge on any atom is -0.457 e. The largest absolute Gasteiger partial charge is 0.457 e. The number of nitrogens with zero attached hydrogens (tertiary/aromatic N) is 2. The minimum atomic E-state index is -0.206. The molecule has 2 aromatic carbocycles. The van der Waals surface area contributed by atoms with Gasteiger partial charge in [0.15, 0.2) is 0 Å². The zero-order valence-corrected chi connectivity index (χ0v) is 17.3. The van der Waals surface area contributed by atoms with Gasteiger partial charge in [0.25, 0.3) is 0 Å². The maximum Gasteiger partial charge on any atom is 0.237 e. The van der Waals surface area contributed by atoms with Crippen LogP contribution in [0.25, 0.3) is 0 Å².